The van der Waals surface area contributed by atoms with Gasteiger partial charge >= 0.3 is 5.97 Å². The summed E-state index contributed by atoms with van der Waals surface area (Å²) in [7, 11) is 1.22. The average molecular weight is 344 g/mol. The first-order chi connectivity index (χ1) is 12.1. The standard InChI is InChI=1S/C17H16N2O6/c1-23-17(20)13-8-11(19(21)22)6-7-14(13)18-9-12-10-24-15-4-2-3-5-16(15)25-12/h2-8,12,18H,9-10H2,1H3/t12-/m0/s1. The van der Waals surface area contributed by atoms with Gasteiger partial charge in [-0.15, -0.1) is 0 Å². The third-order valence-corrected chi connectivity index (χ3v) is 3.71. The van der Waals surface area contributed by atoms with Crippen LogP contribution in [0.2, 0.25) is 0 Å². The Morgan fingerprint density at radius 2 is 2.08 bits per heavy atom. The number of anilines is 1. The topological polar surface area (TPSA) is 99.9 Å². The number of nitro benzene ring substituents is 1. The zero-order valence-electron chi connectivity index (χ0n) is 13.4. The van der Waals surface area contributed by atoms with Gasteiger partial charge < -0.3 is 19.5 Å². The molecule has 8 heteroatoms. The van der Waals surface area contributed by atoms with E-state index in [0.717, 1.165) is 0 Å². The van der Waals surface area contributed by atoms with E-state index >= 15 is 0 Å². The van der Waals surface area contributed by atoms with Gasteiger partial charge in [0, 0.05) is 17.8 Å². The molecule has 1 aliphatic rings. The van der Waals surface area contributed by atoms with E-state index < -0.39 is 10.9 Å². The van der Waals surface area contributed by atoms with Crippen LogP contribution in [-0.4, -0.2) is 37.3 Å². The summed E-state index contributed by atoms with van der Waals surface area (Å²) in [6, 6.07) is 11.3. The normalized spacial score (nSPS) is 15.3. The number of nitrogens with zero attached hydrogens (tertiary/aromatic N) is 1. The SMILES string of the molecule is COC(=O)c1cc([N+](=O)[O-])ccc1NC[C@H]1COc2ccccc2O1. The van der Waals surface area contributed by atoms with E-state index in [1.807, 2.05) is 24.3 Å². The number of hydrogen-bond donors (Lipinski definition) is 1. The molecule has 1 N–H and O–H groups in total. The van der Waals surface area contributed by atoms with Gasteiger partial charge in [0.25, 0.3) is 5.69 Å². The fourth-order valence-electron chi connectivity index (χ4n) is 2.47. The fourth-order valence-corrected chi connectivity index (χ4v) is 2.47. The maximum absolute atomic E-state index is 11.9. The molecule has 0 saturated carbocycles. The van der Waals surface area contributed by atoms with Gasteiger partial charge in [0.15, 0.2) is 11.5 Å². The van der Waals surface area contributed by atoms with Crippen molar-refractivity contribution in [1.29, 1.82) is 0 Å². The first-order valence-corrected chi connectivity index (χ1v) is 7.57. The fraction of sp³-hybridized carbons (Fsp3) is 0.235. The molecule has 8 nitrogen and oxygen atoms in total. The van der Waals surface area contributed by atoms with Crippen LogP contribution < -0.4 is 14.8 Å². The predicted molar refractivity (Wildman–Crippen MR) is 89.3 cm³/mol. The molecule has 0 aromatic heterocycles. The van der Waals surface area contributed by atoms with Crippen molar-refractivity contribution in [2.45, 2.75) is 6.10 Å². The molecule has 1 atom stereocenters. The lowest BCUT2D eigenvalue weighted by Gasteiger charge is -2.27. The van der Waals surface area contributed by atoms with Crippen LogP contribution in [0.25, 0.3) is 0 Å². The molecule has 0 amide bonds. The minimum Gasteiger partial charge on any atom is -0.486 e. The van der Waals surface area contributed by atoms with Gasteiger partial charge in [-0.3, -0.25) is 10.1 Å². The number of fused-ring (bicyclic) bond motifs is 1. The lowest BCUT2D eigenvalue weighted by Crippen LogP contribution is -2.35. The number of benzene rings is 2. The van der Waals surface area contributed by atoms with Crippen molar-refractivity contribution in [3.05, 3.63) is 58.1 Å². The van der Waals surface area contributed by atoms with Gasteiger partial charge in [0.05, 0.1) is 24.1 Å². The Bertz CT molecular complexity index is 807. The Balaban J connectivity index is 1.73. The lowest BCUT2D eigenvalue weighted by atomic mass is 10.1. The van der Waals surface area contributed by atoms with Gasteiger partial charge in [0.2, 0.25) is 0 Å². The summed E-state index contributed by atoms with van der Waals surface area (Å²) in [5.41, 5.74) is 0.339. The summed E-state index contributed by atoms with van der Waals surface area (Å²) >= 11 is 0. The van der Waals surface area contributed by atoms with Crippen LogP contribution in [0.15, 0.2) is 42.5 Å². The third-order valence-electron chi connectivity index (χ3n) is 3.71. The van der Waals surface area contributed by atoms with Crippen LogP contribution in [0.4, 0.5) is 11.4 Å². The number of nitro groups is 1. The quantitative estimate of drug-likeness (QED) is 0.505. The first-order valence-electron chi connectivity index (χ1n) is 7.57. The molecule has 25 heavy (non-hydrogen) atoms. The van der Waals surface area contributed by atoms with E-state index in [1.54, 1.807) is 0 Å². The first kappa shape index (κ1) is 16.6. The third kappa shape index (κ3) is 3.63. The number of ether oxygens (including phenoxy) is 3. The predicted octanol–water partition coefficient (Wildman–Crippen LogP) is 2.63. The monoisotopic (exact) mass is 344 g/mol. The molecule has 0 saturated heterocycles. The molecule has 1 heterocycles. The zero-order chi connectivity index (χ0) is 17.8. The van der Waals surface area contributed by atoms with Gasteiger partial charge in [-0.05, 0) is 18.2 Å². The number of nitrogens with one attached hydrogen (secondary N) is 1. The molecule has 0 bridgehead atoms. The Morgan fingerprint density at radius 3 is 2.80 bits per heavy atom. The minimum absolute atomic E-state index is 0.0915. The molecule has 130 valence electrons. The highest BCUT2D eigenvalue weighted by molar-refractivity contribution is 5.96. The molecule has 0 spiro atoms. The molecule has 2 aromatic rings. The maximum atomic E-state index is 11.9. The number of rotatable bonds is 5. The summed E-state index contributed by atoms with van der Waals surface area (Å²) in [4.78, 5) is 22.2. The number of carbonyl (C=O) groups excluding carboxylic acids is 1. The van der Waals surface area contributed by atoms with Crippen molar-refractivity contribution >= 4 is 17.3 Å². The molecule has 0 unspecified atom stereocenters. The molecule has 1 aliphatic heterocycles. The van der Waals surface area contributed by atoms with Crippen molar-refractivity contribution in [1.82, 2.24) is 0 Å². The van der Waals surface area contributed by atoms with E-state index in [1.165, 1.54) is 25.3 Å². The Morgan fingerprint density at radius 1 is 1.32 bits per heavy atom. The number of esters is 1. The van der Waals surface area contributed by atoms with Gasteiger partial charge in [0.1, 0.15) is 12.7 Å². The van der Waals surface area contributed by atoms with Gasteiger partial charge in [-0.1, -0.05) is 12.1 Å². The number of carbonyl (C=O) groups is 1. The Labute approximate surface area is 143 Å². The van der Waals surface area contributed by atoms with E-state index in [-0.39, 0.29) is 17.4 Å². The lowest BCUT2D eigenvalue weighted by molar-refractivity contribution is -0.384. The molecule has 0 fully saturated rings. The molecule has 0 aliphatic carbocycles. The van der Waals surface area contributed by atoms with Crippen LogP contribution in [0.1, 0.15) is 10.4 Å². The highest BCUT2D eigenvalue weighted by Crippen LogP contribution is 2.31. The van der Waals surface area contributed by atoms with Crippen LogP contribution in [0.3, 0.4) is 0 Å². The number of methoxy groups -OCH3 is 1. The van der Waals surface area contributed by atoms with Gasteiger partial charge in [-0.25, -0.2) is 4.79 Å². The molecule has 2 aromatic carbocycles. The smallest absolute Gasteiger partial charge is 0.340 e. The summed E-state index contributed by atoms with van der Waals surface area (Å²) in [5, 5.41) is 14.0. The van der Waals surface area contributed by atoms with E-state index in [0.29, 0.717) is 30.3 Å². The van der Waals surface area contributed by atoms with E-state index in [2.05, 4.69) is 5.32 Å². The van der Waals surface area contributed by atoms with E-state index in [4.69, 9.17) is 14.2 Å². The summed E-state index contributed by atoms with van der Waals surface area (Å²) < 4.78 is 16.2. The van der Waals surface area contributed by atoms with Crippen LogP contribution in [0, 0.1) is 10.1 Å². The molecule has 3 rings (SSSR count). The zero-order valence-corrected chi connectivity index (χ0v) is 13.4. The van der Waals surface area contributed by atoms with Crippen molar-refractivity contribution in [2.75, 3.05) is 25.6 Å². The van der Waals surface area contributed by atoms with Crippen LogP contribution in [-0.2, 0) is 4.74 Å². The minimum atomic E-state index is -0.655. The molecule has 0 radical (unpaired) electrons. The van der Waals surface area contributed by atoms with Crippen LogP contribution in [0.5, 0.6) is 11.5 Å². The highest BCUT2D eigenvalue weighted by Gasteiger charge is 2.22. The second-order valence-corrected chi connectivity index (χ2v) is 5.36. The second-order valence-electron chi connectivity index (χ2n) is 5.36. The Hall–Kier alpha value is -3.29. The van der Waals surface area contributed by atoms with Crippen molar-refractivity contribution in [3.8, 4) is 11.5 Å². The van der Waals surface area contributed by atoms with Crippen molar-refractivity contribution < 1.29 is 23.9 Å². The van der Waals surface area contributed by atoms with Crippen molar-refractivity contribution in [3.63, 3.8) is 0 Å². The molecular weight excluding hydrogens is 328 g/mol. The summed E-state index contributed by atoms with van der Waals surface area (Å²) in [5.74, 6) is 0.680. The second kappa shape index (κ2) is 7.08. The highest BCUT2D eigenvalue weighted by atomic mass is 16.6. The Kier molecular flexibility index (Phi) is 4.69. The largest absolute Gasteiger partial charge is 0.486 e. The summed E-state index contributed by atoms with van der Waals surface area (Å²) in [6.07, 6.45) is -0.268. The summed E-state index contributed by atoms with van der Waals surface area (Å²) in [6.45, 7) is 0.709. The number of para-hydroxylation sites is 2. The number of non-ortho nitro benzene ring substituents is 1. The van der Waals surface area contributed by atoms with E-state index in [9.17, 15) is 14.9 Å². The maximum Gasteiger partial charge on any atom is 0.340 e. The van der Waals surface area contributed by atoms with Crippen LogP contribution >= 0.6 is 0 Å². The van der Waals surface area contributed by atoms with Crippen molar-refractivity contribution in [2.24, 2.45) is 0 Å². The van der Waals surface area contributed by atoms with Gasteiger partial charge in [-0.2, -0.15) is 0 Å². The molecular formula is C17H16N2O6. The number of hydrogen-bond acceptors (Lipinski definition) is 7. The average Bonchev–Trinajstić information content (AvgIpc) is 2.65.